The van der Waals surface area contributed by atoms with Gasteiger partial charge in [0.2, 0.25) is 11.8 Å². The van der Waals surface area contributed by atoms with Gasteiger partial charge in [-0.15, -0.1) is 0 Å². The molecule has 244 valence electrons. The summed E-state index contributed by atoms with van der Waals surface area (Å²) in [5.74, 6) is 0.218. The molecule has 0 aliphatic heterocycles. The summed E-state index contributed by atoms with van der Waals surface area (Å²) in [4.78, 5) is 28.9. The maximum absolute atomic E-state index is 14.3. The van der Waals surface area contributed by atoms with Gasteiger partial charge in [-0.1, -0.05) is 50.1 Å². The highest BCUT2D eigenvalue weighted by molar-refractivity contribution is 7.92. The van der Waals surface area contributed by atoms with Crippen LogP contribution in [0.3, 0.4) is 0 Å². The lowest BCUT2D eigenvalue weighted by atomic mass is 10.1. The molecule has 0 radical (unpaired) electrons. The van der Waals surface area contributed by atoms with E-state index < -0.39 is 28.5 Å². The predicted molar refractivity (Wildman–Crippen MR) is 176 cm³/mol. The second-order valence-electron chi connectivity index (χ2n) is 10.1. The minimum atomic E-state index is -4.33. The second kappa shape index (κ2) is 16.9. The van der Waals surface area contributed by atoms with Crippen LogP contribution in [0.1, 0.15) is 45.6 Å². The number of carbonyl (C=O) groups is 2. The molecule has 1 N–H and O–H groups in total. The minimum absolute atomic E-state index is 0.00569. The Balaban J connectivity index is 2.10. The van der Waals surface area contributed by atoms with E-state index in [1.807, 2.05) is 20.8 Å². The van der Waals surface area contributed by atoms with Gasteiger partial charge in [-0.25, -0.2) is 8.42 Å². The number of hydrogen-bond acceptors (Lipinski definition) is 7. The summed E-state index contributed by atoms with van der Waals surface area (Å²) in [6, 6.07) is 16.8. The van der Waals surface area contributed by atoms with Crippen LogP contribution in [0.15, 0.2) is 71.6 Å². The van der Waals surface area contributed by atoms with Gasteiger partial charge >= 0.3 is 0 Å². The van der Waals surface area contributed by atoms with E-state index in [0.717, 1.165) is 17.1 Å². The Morgan fingerprint density at radius 3 is 2.22 bits per heavy atom. The molecule has 0 heterocycles. The zero-order valence-electron chi connectivity index (χ0n) is 26.4. The van der Waals surface area contributed by atoms with Gasteiger partial charge in [-0.2, -0.15) is 0 Å². The molecule has 10 nitrogen and oxygen atoms in total. The third kappa shape index (κ3) is 9.04. The second-order valence-corrected chi connectivity index (χ2v) is 12.4. The van der Waals surface area contributed by atoms with Crippen molar-refractivity contribution in [2.75, 3.05) is 38.2 Å². The first-order valence-corrected chi connectivity index (χ1v) is 16.7. The molecule has 3 aromatic rings. The van der Waals surface area contributed by atoms with Gasteiger partial charge in [-0.05, 0) is 67.8 Å². The van der Waals surface area contributed by atoms with Gasteiger partial charge < -0.3 is 24.4 Å². The largest absolute Gasteiger partial charge is 0.494 e. The van der Waals surface area contributed by atoms with E-state index in [0.29, 0.717) is 41.7 Å². The van der Waals surface area contributed by atoms with Gasteiger partial charge in [0.05, 0.1) is 31.4 Å². The highest BCUT2D eigenvalue weighted by atomic mass is 35.5. The smallest absolute Gasteiger partial charge is 0.264 e. The first-order valence-electron chi connectivity index (χ1n) is 14.9. The number of ether oxygens (including phenoxy) is 3. The van der Waals surface area contributed by atoms with Gasteiger partial charge in [0.15, 0.2) is 11.5 Å². The zero-order chi connectivity index (χ0) is 33.0. The van der Waals surface area contributed by atoms with Gasteiger partial charge in [-0.3, -0.25) is 13.9 Å². The molecule has 12 heteroatoms. The Morgan fingerprint density at radius 2 is 1.62 bits per heavy atom. The number of nitrogens with one attached hydrogen (secondary N) is 1. The van der Waals surface area contributed by atoms with Crippen molar-refractivity contribution in [1.82, 2.24) is 10.2 Å². The van der Waals surface area contributed by atoms with Crippen LogP contribution in [-0.2, 0) is 26.2 Å². The summed E-state index contributed by atoms with van der Waals surface area (Å²) in [5, 5.41) is 3.34. The molecule has 1 atom stereocenters. The first-order chi connectivity index (χ1) is 21.6. The van der Waals surface area contributed by atoms with E-state index in [1.54, 1.807) is 48.5 Å². The van der Waals surface area contributed by atoms with Gasteiger partial charge in [0.1, 0.15) is 18.3 Å². The molecule has 0 saturated carbocycles. The number of sulfonamides is 1. The molecule has 0 bridgehead atoms. The van der Waals surface area contributed by atoms with Crippen molar-refractivity contribution in [3.8, 4) is 17.2 Å². The van der Waals surface area contributed by atoms with E-state index in [1.165, 1.54) is 37.3 Å². The fourth-order valence-corrected chi connectivity index (χ4v) is 6.37. The van der Waals surface area contributed by atoms with Gasteiger partial charge in [0, 0.05) is 24.2 Å². The normalized spacial score (nSPS) is 11.8. The molecule has 0 spiro atoms. The summed E-state index contributed by atoms with van der Waals surface area (Å²) in [7, 11) is -1.47. The standard InChI is InChI=1S/C33H42ClN3O7S/c1-6-9-20-35-33(39)29(7-2)36(22-24-12-10-11-13-28(24)34)32(38)23-37(25-14-16-26(17-15-25)44-8-3)45(40,41)27-18-19-30(42-4)31(21-27)43-5/h10-19,21,29H,6-9,20,22-23H2,1-5H3,(H,35,39)/t29-/m0/s1. The molecule has 3 aromatic carbocycles. The lowest BCUT2D eigenvalue weighted by molar-refractivity contribution is -0.140. The zero-order valence-corrected chi connectivity index (χ0v) is 28.0. The topological polar surface area (TPSA) is 114 Å². The van der Waals surface area contributed by atoms with Crippen LogP contribution in [0.2, 0.25) is 5.02 Å². The van der Waals surface area contributed by atoms with E-state index in [4.69, 9.17) is 25.8 Å². The molecular weight excluding hydrogens is 618 g/mol. The van der Waals surface area contributed by atoms with Crippen LogP contribution < -0.4 is 23.8 Å². The Kier molecular flexibility index (Phi) is 13.4. The lowest BCUT2D eigenvalue weighted by Crippen LogP contribution is -2.52. The number of carbonyl (C=O) groups excluding carboxylic acids is 2. The van der Waals surface area contributed by atoms with Crippen LogP contribution in [0.5, 0.6) is 17.2 Å². The molecular formula is C33H42ClN3O7S. The fourth-order valence-electron chi connectivity index (χ4n) is 4.74. The van der Waals surface area contributed by atoms with Crippen molar-refractivity contribution >= 4 is 39.1 Å². The number of nitrogens with zero attached hydrogens (tertiary/aromatic N) is 2. The molecule has 0 unspecified atom stereocenters. The van der Waals surface area contributed by atoms with E-state index in [-0.39, 0.29) is 28.8 Å². The number of unbranched alkanes of at least 4 members (excludes halogenated alkanes) is 1. The first kappa shape index (κ1) is 35.5. The SMILES string of the molecule is CCCCNC(=O)[C@H](CC)N(Cc1ccccc1Cl)C(=O)CN(c1ccc(OCC)cc1)S(=O)(=O)c1ccc(OC)c(OC)c1. The predicted octanol–water partition coefficient (Wildman–Crippen LogP) is 5.67. The third-order valence-corrected chi connectivity index (χ3v) is 9.31. The minimum Gasteiger partial charge on any atom is -0.494 e. The number of methoxy groups -OCH3 is 2. The van der Waals surface area contributed by atoms with Crippen molar-refractivity contribution in [3.63, 3.8) is 0 Å². The van der Waals surface area contributed by atoms with E-state index in [9.17, 15) is 18.0 Å². The lowest BCUT2D eigenvalue weighted by Gasteiger charge is -2.33. The van der Waals surface area contributed by atoms with Gasteiger partial charge in [0.25, 0.3) is 10.0 Å². The molecule has 0 aliphatic carbocycles. The Morgan fingerprint density at radius 1 is 0.933 bits per heavy atom. The molecule has 0 aliphatic rings. The van der Waals surface area contributed by atoms with E-state index >= 15 is 0 Å². The maximum atomic E-state index is 14.3. The Hall–Kier alpha value is -3.96. The summed E-state index contributed by atoms with van der Waals surface area (Å²) >= 11 is 6.47. The van der Waals surface area contributed by atoms with Crippen molar-refractivity contribution in [1.29, 1.82) is 0 Å². The molecule has 45 heavy (non-hydrogen) atoms. The van der Waals surface area contributed by atoms with Crippen LogP contribution in [0.4, 0.5) is 5.69 Å². The maximum Gasteiger partial charge on any atom is 0.264 e. The summed E-state index contributed by atoms with van der Waals surface area (Å²) in [5.41, 5.74) is 0.863. The molecule has 2 amide bonds. The molecule has 3 rings (SSSR count). The van der Waals surface area contributed by atoms with Crippen LogP contribution in [-0.4, -0.2) is 65.1 Å². The van der Waals surface area contributed by atoms with Crippen LogP contribution in [0, 0.1) is 0 Å². The number of halogens is 1. The number of amides is 2. The average Bonchev–Trinajstić information content (AvgIpc) is 3.04. The van der Waals surface area contributed by atoms with Crippen LogP contribution in [0.25, 0.3) is 0 Å². The monoisotopic (exact) mass is 659 g/mol. The summed E-state index contributed by atoms with van der Waals surface area (Å²) < 4.78 is 45.7. The third-order valence-electron chi connectivity index (χ3n) is 7.17. The quantitative estimate of drug-likeness (QED) is 0.186. The number of benzene rings is 3. The number of anilines is 1. The summed E-state index contributed by atoms with van der Waals surface area (Å²) in [6.07, 6.45) is 1.99. The van der Waals surface area contributed by atoms with Crippen molar-refractivity contribution in [2.45, 2.75) is 57.5 Å². The highest BCUT2D eigenvalue weighted by Gasteiger charge is 2.34. The highest BCUT2D eigenvalue weighted by Crippen LogP contribution is 2.33. The molecule has 0 saturated heterocycles. The average molecular weight is 660 g/mol. The van der Waals surface area contributed by atoms with E-state index in [2.05, 4.69) is 5.32 Å². The Labute approximate surface area is 271 Å². The number of hydrogen-bond donors (Lipinski definition) is 1. The van der Waals surface area contributed by atoms with Crippen molar-refractivity contribution < 1.29 is 32.2 Å². The Bertz CT molecular complexity index is 1530. The number of rotatable bonds is 17. The molecule has 0 fully saturated rings. The van der Waals surface area contributed by atoms with Crippen LogP contribution >= 0.6 is 11.6 Å². The molecule has 0 aromatic heterocycles. The fraction of sp³-hybridized carbons (Fsp3) is 0.394. The summed E-state index contributed by atoms with van der Waals surface area (Å²) in [6.45, 7) is 5.98. The van der Waals surface area contributed by atoms with Crippen molar-refractivity contribution in [2.24, 2.45) is 0 Å². The van der Waals surface area contributed by atoms with Crippen molar-refractivity contribution in [3.05, 3.63) is 77.3 Å².